The molecule has 21 heavy (non-hydrogen) atoms. The Bertz CT molecular complexity index is 494. The molecule has 1 heterocycles. The molecule has 1 aromatic carbocycles. The highest BCUT2D eigenvalue weighted by Gasteiger charge is 2.44. The second-order valence-corrected chi connectivity index (χ2v) is 5.14. The van der Waals surface area contributed by atoms with E-state index in [9.17, 15) is 15.3 Å². The molecule has 1 aromatic rings. The molecule has 1 saturated heterocycles. The molecule has 8 heteroatoms. The van der Waals surface area contributed by atoms with E-state index in [1.165, 1.54) is 0 Å². The molecule has 0 aliphatic carbocycles. The van der Waals surface area contributed by atoms with Crippen LogP contribution in [-0.4, -0.2) is 62.7 Å². The van der Waals surface area contributed by atoms with Crippen LogP contribution in [0.3, 0.4) is 0 Å². The number of aliphatic hydroxyl groups is 4. The van der Waals surface area contributed by atoms with Gasteiger partial charge < -0.3 is 35.6 Å². The summed E-state index contributed by atoms with van der Waals surface area (Å²) in [5.41, 5.74) is 6.14. The predicted molar refractivity (Wildman–Crippen MR) is 76.7 cm³/mol. The van der Waals surface area contributed by atoms with E-state index in [0.717, 1.165) is 0 Å². The topological polar surface area (TPSA) is 125 Å². The molecule has 6 N–H and O–H groups in total. The highest BCUT2D eigenvalue weighted by Crippen LogP contribution is 2.24. The average molecular weight is 315 g/mol. The zero-order valence-corrected chi connectivity index (χ0v) is 11.8. The Morgan fingerprint density at radius 3 is 2.29 bits per heavy atom. The summed E-state index contributed by atoms with van der Waals surface area (Å²) in [6.07, 6.45) is -6.56. The average Bonchev–Trinajstić information content (AvgIpc) is 2.48. The van der Waals surface area contributed by atoms with Crippen molar-refractivity contribution in [1.82, 2.24) is 0 Å². The molecule has 0 unspecified atom stereocenters. The molecule has 5 atom stereocenters. The van der Waals surface area contributed by atoms with Crippen LogP contribution in [0, 0.1) is 0 Å². The van der Waals surface area contributed by atoms with Gasteiger partial charge in [-0.25, -0.2) is 0 Å². The minimum absolute atomic E-state index is 0.245. The third-order valence-electron chi connectivity index (χ3n) is 3.24. The Kier molecular flexibility index (Phi) is 5.09. The lowest BCUT2D eigenvalue weighted by Gasteiger charge is -2.39. The van der Waals surface area contributed by atoms with Crippen molar-refractivity contribution in [2.75, 3.05) is 6.61 Å². The van der Waals surface area contributed by atoms with Crippen molar-refractivity contribution in [3.8, 4) is 5.75 Å². The van der Waals surface area contributed by atoms with Gasteiger partial charge in [-0.3, -0.25) is 0 Å². The molecule has 7 nitrogen and oxygen atoms in total. The van der Waals surface area contributed by atoms with E-state index in [0.29, 0.717) is 11.3 Å². The van der Waals surface area contributed by atoms with E-state index < -0.39 is 37.3 Å². The van der Waals surface area contributed by atoms with E-state index >= 15 is 0 Å². The Morgan fingerprint density at radius 2 is 1.76 bits per heavy atom. The van der Waals surface area contributed by atoms with Crippen LogP contribution in [0.2, 0.25) is 0 Å². The van der Waals surface area contributed by atoms with E-state index in [1.54, 1.807) is 24.3 Å². The number of rotatable bonds is 4. The first-order chi connectivity index (χ1) is 9.93. The number of aliphatic hydroxyl groups excluding tert-OH is 4. The van der Waals surface area contributed by atoms with Gasteiger partial charge in [-0.05, 0) is 24.3 Å². The number of nitrogens with two attached hydrogens (primary N) is 1. The maximum Gasteiger partial charge on any atom is 0.229 e. The summed E-state index contributed by atoms with van der Waals surface area (Å²) >= 11 is 4.83. The second-order valence-electron chi connectivity index (χ2n) is 4.70. The minimum Gasteiger partial charge on any atom is -0.462 e. The molecular formula is C13H17NO6S. The zero-order valence-electron chi connectivity index (χ0n) is 11.0. The second kappa shape index (κ2) is 6.65. The number of thiocarbonyl (C=S) groups is 1. The summed E-state index contributed by atoms with van der Waals surface area (Å²) in [6.45, 7) is -0.509. The predicted octanol–water partition coefficient (Wildman–Crippen LogP) is -1.50. The van der Waals surface area contributed by atoms with E-state index in [2.05, 4.69) is 0 Å². The van der Waals surface area contributed by atoms with Crippen LogP contribution in [0.25, 0.3) is 0 Å². The highest BCUT2D eigenvalue weighted by atomic mass is 32.1. The first-order valence-electron chi connectivity index (χ1n) is 6.31. The van der Waals surface area contributed by atoms with Gasteiger partial charge in [0.25, 0.3) is 0 Å². The molecule has 0 amide bonds. The SMILES string of the molecule is NC(=S)c1ccc(O[C@H]2O[C@H](CO)[C@H](O)[C@H](O)[C@H]2O)cc1. The normalized spacial score (nSPS) is 32.7. The van der Waals surface area contributed by atoms with Gasteiger partial charge in [0.15, 0.2) is 0 Å². The maximum atomic E-state index is 9.84. The molecule has 1 aliphatic heterocycles. The van der Waals surface area contributed by atoms with Crippen molar-refractivity contribution in [2.24, 2.45) is 5.73 Å². The van der Waals surface area contributed by atoms with Gasteiger partial charge in [-0.1, -0.05) is 12.2 Å². The Hall–Kier alpha value is -1.29. The van der Waals surface area contributed by atoms with Crippen molar-refractivity contribution < 1.29 is 29.9 Å². The molecule has 1 aliphatic rings. The fraction of sp³-hybridized carbons (Fsp3) is 0.462. The Labute approximate surface area is 126 Å². The summed E-state index contributed by atoms with van der Waals surface area (Å²) < 4.78 is 10.6. The fourth-order valence-corrected chi connectivity index (χ4v) is 2.13. The molecule has 0 radical (unpaired) electrons. The molecular weight excluding hydrogens is 298 g/mol. The number of ether oxygens (including phenoxy) is 2. The third-order valence-corrected chi connectivity index (χ3v) is 3.48. The van der Waals surface area contributed by atoms with Gasteiger partial charge >= 0.3 is 0 Å². The quantitative estimate of drug-likeness (QED) is 0.425. The van der Waals surface area contributed by atoms with Crippen LogP contribution in [0.15, 0.2) is 24.3 Å². The molecule has 1 fully saturated rings. The van der Waals surface area contributed by atoms with E-state index in [1.807, 2.05) is 0 Å². The van der Waals surface area contributed by atoms with Crippen molar-refractivity contribution in [1.29, 1.82) is 0 Å². The summed E-state index contributed by atoms with van der Waals surface area (Å²) in [4.78, 5) is 0.245. The summed E-state index contributed by atoms with van der Waals surface area (Å²) in [6, 6.07) is 6.44. The first-order valence-corrected chi connectivity index (χ1v) is 6.72. The monoisotopic (exact) mass is 315 g/mol. The Morgan fingerprint density at radius 1 is 1.14 bits per heavy atom. The summed E-state index contributed by atoms with van der Waals surface area (Å²) in [7, 11) is 0. The lowest BCUT2D eigenvalue weighted by Crippen LogP contribution is -2.60. The van der Waals surface area contributed by atoms with Crippen LogP contribution in [-0.2, 0) is 4.74 Å². The standard InChI is InChI=1S/C13H17NO6S/c14-12(21)6-1-3-7(4-2-6)19-13-11(18)10(17)9(16)8(5-15)20-13/h1-4,8-11,13,15-18H,5H2,(H2,14,21)/t8-,9+,10+,11-,13+/m1/s1. The largest absolute Gasteiger partial charge is 0.462 e. The van der Waals surface area contributed by atoms with E-state index in [-0.39, 0.29) is 4.99 Å². The molecule has 116 valence electrons. The van der Waals surface area contributed by atoms with Gasteiger partial charge in [0.2, 0.25) is 6.29 Å². The van der Waals surface area contributed by atoms with Crippen LogP contribution in [0.4, 0.5) is 0 Å². The van der Waals surface area contributed by atoms with Crippen molar-refractivity contribution in [3.05, 3.63) is 29.8 Å². The van der Waals surface area contributed by atoms with Crippen molar-refractivity contribution in [3.63, 3.8) is 0 Å². The summed E-state index contributed by atoms with van der Waals surface area (Å²) in [5, 5.41) is 38.2. The number of hydrogen-bond donors (Lipinski definition) is 5. The van der Waals surface area contributed by atoms with Gasteiger partial charge in [-0.15, -0.1) is 0 Å². The van der Waals surface area contributed by atoms with Crippen LogP contribution >= 0.6 is 12.2 Å². The molecule has 2 rings (SSSR count). The molecule has 0 saturated carbocycles. The fourth-order valence-electron chi connectivity index (χ4n) is 2.00. The maximum absolute atomic E-state index is 9.84. The van der Waals surface area contributed by atoms with Gasteiger partial charge in [-0.2, -0.15) is 0 Å². The number of hydrogen-bond acceptors (Lipinski definition) is 7. The summed E-state index contributed by atoms with van der Waals surface area (Å²) in [5.74, 6) is 0.360. The number of benzene rings is 1. The van der Waals surface area contributed by atoms with Crippen LogP contribution in [0.5, 0.6) is 5.75 Å². The molecule has 0 bridgehead atoms. The van der Waals surface area contributed by atoms with Crippen LogP contribution in [0.1, 0.15) is 5.56 Å². The minimum atomic E-state index is -1.48. The third kappa shape index (κ3) is 3.49. The van der Waals surface area contributed by atoms with Gasteiger partial charge in [0.05, 0.1) is 6.61 Å². The van der Waals surface area contributed by atoms with Crippen molar-refractivity contribution >= 4 is 17.2 Å². The van der Waals surface area contributed by atoms with Gasteiger partial charge in [0, 0.05) is 5.56 Å². The smallest absolute Gasteiger partial charge is 0.229 e. The van der Waals surface area contributed by atoms with Gasteiger partial charge in [0.1, 0.15) is 35.2 Å². The highest BCUT2D eigenvalue weighted by molar-refractivity contribution is 7.80. The molecule has 0 spiro atoms. The van der Waals surface area contributed by atoms with E-state index in [4.69, 9.17) is 32.5 Å². The Balaban J connectivity index is 2.08. The lowest BCUT2D eigenvalue weighted by molar-refractivity contribution is -0.277. The lowest BCUT2D eigenvalue weighted by atomic mass is 9.99. The zero-order chi connectivity index (χ0) is 15.6. The van der Waals surface area contributed by atoms with Crippen molar-refractivity contribution in [2.45, 2.75) is 30.7 Å². The molecule has 0 aromatic heterocycles. The van der Waals surface area contributed by atoms with Crippen LogP contribution < -0.4 is 10.5 Å². The first kappa shape index (κ1) is 16.1.